The summed E-state index contributed by atoms with van der Waals surface area (Å²) < 4.78 is 70.5. The maximum atomic E-state index is 12.9. The van der Waals surface area contributed by atoms with Gasteiger partial charge in [0.1, 0.15) is 11.2 Å². The monoisotopic (exact) mass is 396 g/mol. The summed E-state index contributed by atoms with van der Waals surface area (Å²) in [5, 5.41) is -0.136. The van der Waals surface area contributed by atoms with Crippen LogP contribution in [0.4, 0.5) is 13.2 Å². The van der Waals surface area contributed by atoms with Crippen molar-refractivity contribution in [3.8, 4) is 11.6 Å². The number of nitrogens with zero attached hydrogens (tertiary/aromatic N) is 4. The second-order valence-corrected chi connectivity index (χ2v) is 7.86. The van der Waals surface area contributed by atoms with Crippen LogP contribution in [0.25, 0.3) is 28.5 Å². The van der Waals surface area contributed by atoms with Crippen molar-refractivity contribution in [2.75, 3.05) is 5.75 Å². The van der Waals surface area contributed by atoms with Gasteiger partial charge in [-0.25, -0.2) is 23.4 Å². The van der Waals surface area contributed by atoms with E-state index < -0.39 is 21.6 Å². The van der Waals surface area contributed by atoms with E-state index in [-0.39, 0.29) is 33.6 Å². The third kappa shape index (κ3) is 2.83. The van der Waals surface area contributed by atoms with E-state index in [0.29, 0.717) is 11.8 Å². The third-order valence-electron chi connectivity index (χ3n) is 3.94. The molecule has 0 unspecified atom stereocenters. The molecule has 140 valence electrons. The lowest BCUT2D eigenvalue weighted by molar-refractivity contribution is -0.137. The maximum absolute atomic E-state index is 12.9. The summed E-state index contributed by atoms with van der Waals surface area (Å²) in [7, 11) is -3.73. The Morgan fingerprint density at radius 2 is 2.00 bits per heavy atom. The first-order valence-corrected chi connectivity index (χ1v) is 9.40. The molecule has 0 saturated carbocycles. The van der Waals surface area contributed by atoms with Crippen molar-refractivity contribution in [2.24, 2.45) is 0 Å². The van der Waals surface area contributed by atoms with Gasteiger partial charge in [0.15, 0.2) is 20.6 Å². The molecule has 0 aliphatic heterocycles. The van der Waals surface area contributed by atoms with Crippen LogP contribution in [0, 0.1) is 0 Å². The third-order valence-corrected chi connectivity index (χ3v) is 5.68. The Bertz CT molecular complexity index is 1280. The second-order valence-electron chi connectivity index (χ2n) is 5.66. The average molecular weight is 396 g/mol. The van der Waals surface area contributed by atoms with E-state index in [1.54, 1.807) is 18.2 Å². The van der Waals surface area contributed by atoms with Crippen LogP contribution < -0.4 is 0 Å². The highest BCUT2D eigenvalue weighted by Crippen LogP contribution is 2.33. The van der Waals surface area contributed by atoms with Gasteiger partial charge in [0.25, 0.3) is 5.89 Å². The van der Waals surface area contributed by atoms with E-state index >= 15 is 0 Å². The molecule has 0 bridgehead atoms. The van der Waals surface area contributed by atoms with Gasteiger partial charge in [-0.2, -0.15) is 13.2 Å². The van der Waals surface area contributed by atoms with Gasteiger partial charge in [0, 0.05) is 12.4 Å². The molecule has 4 aromatic heterocycles. The Labute approximate surface area is 150 Å². The molecule has 0 N–H and O–H groups in total. The number of aromatic nitrogens is 4. The van der Waals surface area contributed by atoms with Gasteiger partial charge in [-0.1, -0.05) is 13.0 Å². The molecule has 11 heteroatoms. The molecule has 0 amide bonds. The molecule has 0 aliphatic rings. The molecule has 0 aromatic carbocycles. The molecule has 4 heterocycles. The van der Waals surface area contributed by atoms with Gasteiger partial charge in [-0.3, -0.25) is 4.40 Å². The minimum Gasteiger partial charge on any atom is -0.416 e. The number of oxazole rings is 1. The normalized spacial score (nSPS) is 12.9. The molecule has 27 heavy (non-hydrogen) atoms. The number of rotatable bonds is 3. The largest absolute Gasteiger partial charge is 0.417 e. The van der Waals surface area contributed by atoms with E-state index in [2.05, 4.69) is 15.0 Å². The van der Waals surface area contributed by atoms with Crippen LogP contribution >= 0.6 is 0 Å². The van der Waals surface area contributed by atoms with Crippen LogP contribution in [0.2, 0.25) is 0 Å². The SMILES string of the molecule is CCS(=O)(=O)c1c(-c2nc3cc(C(F)(F)F)cnc3o2)nc2ccccn12. The van der Waals surface area contributed by atoms with Gasteiger partial charge >= 0.3 is 6.18 Å². The zero-order valence-electron chi connectivity index (χ0n) is 13.7. The summed E-state index contributed by atoms with van der Waals surface area (Å²) in [5.41, 5.74) is -1.00. The zero-order valence-corrected chi connectivity index (χ0v) is 14.5. The fourth-order valence-electron chi connectivity index (χ4n) is 2.63. The van der Waals surface area contributed by atoms with Crippen molar-refractivity contribution < 1.29 is 26.0 Å². The summed E-state index contributed by atoms with van der Waals surface area (Å²) in [6, 6.07) is 5.70. The topological polar surface area (TPSA) is 90.4 Å². The summed E-state index contributed by atoms with van der Waals surface area (Å²) in [4.78, 5) is 11.9. The van der Waals surface area contributed by atoms with Crippen molar-refractivity contribution in [1.82, 2.24) is 19.4 Å². The van der Waals surface area contributed by atoms with Crippen molar-refractivity contribution in [1.29, 1.82) is 0 Å². The van der Waals surface area contributed by atoms with Crippen molar-refractivity contribution in [3.05, 3.63) is 42.2 Å². The molecule has 0 radical (unpaired) electrons. The van der Waals surface area contributed by atoms with Crippen LogP contribution in [0.5, 0.6) is 0 Å². The highest BCUT2D eigenvalue weighted by molar-refractivity contribution is 7.91. The summed E-state index contributed by atoms with van der Waals surface area (Å²) in [5.74, 6) is -0.410. The molecular weight excluding hydrogens is 385 g/mol. The van der Waals surface area contributed by atoms with Gasteiger partial charge in [0.05, 0.1) is 11.3 Å². The van der Waals surface area contributed by atoms with Crippen LogP contribution in [-0.2, 0) is 16.0 Å². The fourth-order valence-corrected chi connectivity index (χ4v) is 3.78. The highest BCUT2D eigenvalue weighted by atomic mass is 32.2. The van der Waals surface area contributed by atoms with Gasteiger partial charge < -0.3 is 4.42 Å². The first-order chi connectivity index (χ1) is 12.7. The van der Waals surface area contributed by atoms with Crippen LogP contribution in [0.3, 0.4) is 0 Å². The number of hydrogen-bond acceptors (Lipinski definition) is 6. The van der Waals surface area contributed by atoms with E-state index in [4.69, 9.17) is 4.42 Å². The maximum Gasteiger partial charge on any atom is 0.417 e. The van der Waals surface area contributed by atoms with Crippen molar-refractivity contribution in [3.63, 3.8) is 0 Å². The lowest BCUT2D eigenvalue weighted by Crippen LogP contribution is -2.08. The molecular formula is C16H11F3N4O3S. The fraction of sp³-hybridized carbons (Fsp3) is 0.188. The van der Waals surface area contributed by atoms with Crippen LogP contribution in [-0.4, -0.2) is 33.5 Å². The quantitative estimate of drug-likeness (QED) is 0.528. The molecule has 0 saturated heterocycles. The predicted octanol–water partition coefficient (Wildman–Crippen LogP) is 3.35. The number of hydrogen-bond donors (Lipinski definition) is 0. The smallest absolute Gasteiger partial charge is 0.416 e. The second kappa shape index (κ2) is 5.78. The molecule has 0 spiro atoms. The summed E-state index contributed by atoms with van der Waals surface area (Å²) >= 11 is 0. The van der Waals surface area contributed by atoms with E-state index in [0.717, 1.165) is 6.07 Å². The summed E-state index contributed by atoms with van der Waals surface area (Å²) in [6.07, 6.45) is -2.43. The Morgan fingerprint density at radius 1 is 1.22 bits per heavy atom. The molecule has 4 aromatic rings. The molecule has 0 fully saturated rings. The van der Waals surface area contributed by atoms with Crippen molar-refractivity contribution in [2.45, 2.75) is 18.1 Å². The molecule has 7 nitrogen and oxygen atoms in total. The number of alkyl halides is 3. The van der Waals surface area contributed by atoms with E-state index in [1.807, 2.05) is 0 Å². The van der Waals surface area contributed by atoms with Gasteiger partial charge in [-0.05, 0) is 18.2 Å². The lowest BCUT2D eigenvalue weighted by Gasteiger charge is -2.03. The Hall–Kier alpha value is -2.95. The predicted molar refractivity (Wildman–Crippen MR) is 88.7 cm³/mol. The van der Waals surface area contributed by atoms with Crippen molar-refractivity contribution >= 4 is 26.7 Å². The minimum atomic E-state index is -4.58. The van der Waals surface area contributed by atoms with Gasteiger partial charge in [0.2, 0.25) is 5.71 Å². The number of fused-ring (bicyclic) bond motifs is 2. The van der Waals surface area contributed by atoms with Crippen LogP contribution in [0.15, 0.2) is 46.1 Å². The minimum absolute atomic E-state index is 0.0744. The lowest BCUT2D eigenvalue weighted by atomic mass is 10.2. The Kier molecular flexibility index (Phi) is 3.74. The standard InChI is InChI=1S/C16H11F3N4O3S/c1-2-27(24,25)15-12(22-11-5-3-4-6-23(11)15)14-21-10-7-9(16(17,18)19)8-20-13(10)26-14/h3-8H,2H2,1H3. The number of pyridine rings is 2. The molecule has 4 rings (SSSR count). The van der Waals surface area contributed by atoms with E-state index in [9.17, 15) is 21.6 Å². The number of halogens is 3. The first kappa shape index (κ1) is 17.5. The highest BCUT2D eigenvalue weighted by Gasteiger charge is 2.32. The Balaban J connectivity index is 1.98. The van der Waals surface area contributed by atoms with Gasteiger partial charge in [-0.15, -0.1) is 0 Å². The number of sulfone groups is 1. The summed E-state index contributed by atoms with van der Waals surface area (Å²) in [6.45, 7) is 1.48. The van der Waals surface area contributed by atoms with E-state index in [1.165, 1.54) is 17.5 Å². The zero-order chi connectivity index (χ0) is 19.4. The molecule has 0 aliphatic carbocycles. The molecule has 0 atom stereocenters. The Morgan fingerprint density at radius 3 is 2.70 bits per heavy atom. The number of imidazole rings is 1. The first-order valence-electron chi connectivity index (χ1n) is 7.74. The van der Waals surface area contributed by atoms with Crippen LogP contribution in [0.1, 0.15) is 12.5 Å². The average Bonchev–Trinajstić information content (AvgIpc) is 3.21.